The van der Waals surface area contributed by atoms with Gasteiger partial charge in [-0.25, -0.2) is 13.9 Å². The van der Waals surface area contributed by atoms with E-state index in [-0.39, 0.29) is 25.2 Å². The summed E-state index contributed by atoms with van der Waals surface area (Å²) in [7, 11) is -10.1. The van der Waals surface area contributed by atoms with Gasteiger partial charge in [-0.15, -0.1) is 0 Å². The molecule has 2 rings (SSSR count). The summed E-state index contributed by atoms with van der Waals surface area (Å²) in [5, 5.41) is 9.40. The molecule has 1 aromatic heterocycles. The van der Waals surface area contributed by atoms with E-state index in [2.05, 4.69) is 27.7 Å². The van der Waals surface area contributed by atoms with Gasteiger partial charge in [0, 0.05) is 24.6 Å². The van der Waals surface area contributed by atoms with Crippen molar-refractivity contribution in [1.82, 2.24) is 9.55 Å². The van der Waals surface area contributed by atoms with E-state index in [9.17, 15) is 38.3 Å². The highest BCUT2D eigenvalue weighted by molar-refractivity contribution is 7.60. The Bertz CT molecular complexity index is 1450. The molecule has 0 amide bonds. The third kappa shape index (κ3) is 25.9. The predicted molar refractivity (Wildman–Crippen MR) is 210 cm³/mol. The zero-order valence-corrected chi connectivity index (χ0v) is 35.4. The van der Waals surface area contributed by atoms with Crippen LogP contribution in [0, 0.1) is 6.92 Å². The molecule has 1 fully saturated rings. The molecule has 17 nitrogen and oxygen atoms in total. The number of aromatic nitrogens is 2. The number of nitrogens with zero attached hydrogens (tertiary/aromatic N) is 1. The first-order valence-electron chi connectivity index (χ1n) is 20.3. The number of phosphoric ester groups is 1. The first-order chi connectivity index (χ1) is 26.6. The molecule has 4 atom stereocenters. The van der Waals surface area contributed by atoms with Crippen molar-refractivity contribution >= 4 is 27.6 Å². The number of aromatic amines is 1. The standard InChI is InChI=1S/C27H52O5.C10H16N2O10P2/c1-3-5-7-9-11-13-15-17-19-21-26(29)31-24-25(23-28)32-27(30)22-20-18-16-14-12-10-8-6-4-2;1-6-4-12(10(14)11-9(6)13)8-3-2-7(21-8)5-20-24(18,19)22-23(15,16)17/h25,28H,3-24H2,1-2H3;4,7-8H,2-3,5H2,1H3,(H,18,19)(H,11,13,14)(H2,15,16,17)/t;7-,8+/m.0/s1. The molecule has 326 valence electrons. The van der Waals surface area contributed by atoms with Crippen LogP contribution in [0.15, 0.2) is 15.8 Å². The van der Waals surface area contributed by atoms with Gasteiger partial charge in [-0.2, -0.15) is 4.31 Å². The molecular weight excluding hydrogens is 774 g/mol. The average Bonchev–Trinajstić information content (AvgIpc) is 3.61. The van der Waals surface area contributed by atoms with E-state index >= 15 is 0 Å². The number of phosphoric acid groups is 2. The monoisotopic (exact) mass is 842 g/mol. The van der Waals surface area contributed by atoms with Gasteiger partial charge in [0.15, 0.2) is 6.10 Å². The Morgan fingerprint density at radius 2 is 1.32 bits per heavy atom. The van der Waals surface area contributed by atoms with Crippen LogP contribution < -0.4 is 11.2 Å². The molecule has 2 heterocycles. The topological polar surface area (TPSA) is 250 Å². The highest BCUT2D eigenvalue weighted by Gasteiger charge is 2.35. The Balaban J connectivity index is 0.000000580. The van der Waals surface area contributed by atoms with E-state index in [1.54, 1.807) is 0 Å². The van der Waals surface area contributed by atoms with Gasteiger partial charge < -0.3 is 34.0 Å². The summed E-state index contributed by atoms with van der Waals surface area (Å²) in [6, 6.07) is 0. The third-order valence-corrected chi connectivity index (χ3v) is 11.2. The molecule has 0 aromatic carbocycles. The molecule has 19 heteroatoms. The molecular formula is C37H68N2O15P2. The molecule has 5 N–H and O–H groups in total. The van der Waals surface area contributed by atoms with Gasteiger partial charge in [-0.05, 0) is 32.6 Å². The maximum absolute atomic E-state index is 11.9. The molecule has 0 aliphatic carbocycles. The van der Waals surface area contributed by atoms with Crippen molar-refractivity contribution in [2.24, 2.45) is 0 Å². The molecule has 1 aliphatic rings. The molecule has 0 spiro atoms. The minimum Gasteiger partial charge on any atom is -0.462 e. The minimum absolute atomic E-state index is 0.0593. The molecule has 1 aliphatic heterocycles. The summed E-state index contributed by atoms with van der Waals surface area (Å²) in [5.41, 5.74) is -0.854. The molecule has 2 unspecified atom stereocenters. The summed E-state index contributed by atoms with van der Waals surface area (Å²) in [4.78, 5) is 75.2. The Morgan fingerprint density at radius 3 is 1.82 bits per heavy atom. The van der Waals surface area contributed by atoms with Crippen LogP contribution in [0.25, 0.3) is 0 Å². The van der Waals surface area contributed by atoms with Crippen LogP contribution >= 0.6 is 15.6 Å². The summed E-state index contributed by atoms with van der Waals surface area (Å²) in [6.07, 6.45) is 22.2. The number of aliphatic hydroxyl groups is 1. The van der Waals surface area contributed by atoms with E-state index in [0.29, 0.717) is 31.2 Å². The van der Waals surface area contributed by atoms with Crippen LogP contribution in [-0.4, -0.2) is 73.3 Å². The van der Waals surface area contributed by atoms with Crippen molar-refractivity contribution in [3.8, 4) is 0 Å². The molecule has 0 radical (unpaired) electrons. The summed E-state index contributed by atoms with van der Waals surface area (Å²) < 4.78 is 47.1. The van der Waals surface area contributed by atoms with Gasteiger partial charge in [0.25, 0.3) is 5.56 Å². The maximum Gasteiger partial charge on any atom is 0.481 e. The van der Waals surface area contributed by atoms with E-state index in [0.717, 1.165) is 38.5 Å². The average molecular weight is 843 g/mol. The van der Waals surface area contributed by atoms with Crippen molar-refractivity contribution in [1.29, 1.82) is 0 Å². The Labute approximate surface area is 331 Å². The largest absolute Gasteiger partial charge is 0.481 e. The first-order valence-corrected chi connectivity index (χ1v) is 23.3. The second-order valence-corrected chi connectivity index (χ2v) is 17.1. The predicted octanol–water partition coefficient (Wildman–Crippen LogP) is 7.02. The van der Waals surface area contributed by atoms with Gasteiger partial charge in [-0.3, -0.25) is 28.5 Å². The lowest BCUT2D eigenvalue weighted by atomic mass is 10.1. The van der Waals surface area contributed by atoms with Gasteiger partial charge in [0.2, 0.25) is 0 Å². The van der Waals surface area contributed by atoms with Crippen LogP contribution in [0.2, 0.25) is 0 Å². The van der Waals surface area contributed by atoms with Crippen LogP contribution in [0.4, 0.5) is 0 Å². The number of unbranched alkanes of at least 4 members (excludes halogenated alkanes) is 16. The smallest absolute Gasteiger partial charge is 0.462 e. The van der Waals surface area contributed by atoms with Crippen molar-refractivity contribution in [3.05, 3.63) is 32.6 Å². The van der Waals surface area contributed by atoms with Gasteiger partial charge in [0.1, 0.15) is 12.8 Å². The fraction of sp³-hybridized carbons (Fsp3) is 0.838. The number of rotatable bonds is 30. The van der Waals surface area contributed by atoms with Crippen molar-refractivity contribution in [2.75, 3.05) is 19.8 Å². The number of hydrogen-bond donors (Lipinski definition) is 5. The van der Waals surface area contributed by atoms with Gasteiger partial charge in [-0.1, -0.05) is 117 Å². The minimum atomic E-state index is -5.18. The lowest BCUT2D eigenvalue weighted by molar-refractivity contribution is -0.161. The Hall–Kier alpha value is -2.20. The van der Waals surface area contributed by atoms with Crippen molar-refractivity contribution in [3.63, 3.8) is 0 Å². The zero-order valence-electron chi connectivity index (χ0n) is 33.6. The first kappa shape index (κ1) is 51.8. The summed E-state index contributed by atoms with van der Waals surface area (Å²) >= 11 is 0. The van der Waals surface area contributed by atoms with Crippen molar-refractivity contribution < 1.29 is 61.6 Å². The zero-order chi connectivity index (χ0) is 41.8. The Kier molecular flexibility index (Phi) is 27.7. The fourth-order valence-electron chi connectivity index (χ4n) is 5.94. The molecule has 0 saturated carbocycles. The summed E-state index contributed by atoms with van der Waals surface area (Å²) in [5.74, 6) is -0.594. The van der Waals surface area contributed by atoms with Crippen LogP contribution in [0.1, 0.15) is 167 Å². The second kappa shape index (κ2) is 29.9. The molecule has 56 heavy (non-hydrogen) atoms. The number of ether oxygens (including phenoxy) is 3. The number of aryl methyl sites for hydroxylation is 1. The van der Waals surface area contributed by atoms with Crippen LogP contribution in [0.3, 0.4) is 0 Å². The number of esters is 2. The SMILES string of the molecule is CCCCCCCCCCCC(=O)OCC(CO)OC(=O)CCCCCCCCCCC.Cc1cn([C@H]2CC[C@@H](COP(=O)(O)OP(=O)(O)O)O2)c(=O)[nH]c1=O. The lowest BCUT2D eigenvalue weighted by Crippen LogP contribution is -2.33. The highest BCUT2D eigenvalue weighted by atomic mass is 31.3. The molecule has 0 bridgehead atoms. The summed E-state index contributed by atoms with van der Waals surface area (Å²) in [6.45, 7) is 5.12. The van der Waals surface area contributed by atoms with E-state index in [1.165, 1.54) is 94.7 Å². The van der Waals surface area contributed by atoms with Crippen molar-refractivity contribution in [2.45, 2.75) is 180 Å². The van der Waals surface area contributed by atoms with Gasteiger partial charge in [0.05, 0.1) is 19.3 Å². The van der Waals surface area contributed by atoms with Gasteiger partial charge >= 0.3 is 33.3 Å². The fourth-order valence-corrected chi connectivity index (χ4v) is 7.55. The van der Waals surface area contributed by atoms with E-state index < -0.39 is 51.9 Å². The number of carbonyl (C=O) groups excluding carboxylic acids is 2. The van der Waals surface area contributed by atoms with Crippen LogP contribution in [0.5, 0.6) is 0 Å². The van der Waals surface area contributed by atoms with E-state index in [4.69, 9.17) is 24.0 Å². The lowest BCUT2D eigenvalue weighted by Gasteiger charge is -2.17. The number of nitrogens with one attached hydrogen (secondary N) is 1. The quantitative estimate of drug-likeness (QED) is 0.0296. The number of carbonyl (C=O) groups is 2. The Morgan fingerprint density at radius 1 is 0.821 bits per heavy atom. The molecule has 1 saturated heterocycles. The number of H-pyrrole nitrogens is 1. The van der Waals surface area contributed by atoms with E-state index in [1.807, 2.05) is 0 Å². The second-order valence-electron chi connectivity index (χ2n) is 14.2. The third-order valence-electron chi connectivity index (χ3n) is 9.08. The maximum atomic E-state index is 11.9. The molecule has 1 aromatic rings. The normalized spacial score (nSPS) is 17.1. The number of hydrogen-bond acceptors (Lipinski definition) is 12. The van der Waals surface area contributed by atoms with Crippen LogP contribution in [-0.2, 0) is 41.8 Å². The number of aliphatic hydroxyl groups excluding tert-OH is 1. The highest BCUT2D eigenvalue weighted by Crippen LogP contribution is 2.57.